The molecule has 0 saturated carbocycles. The lowest BCUT2D eigenvalue weighted by atomic mass is 10.2. The van der Waals surface area contributed by atoms with Crippen molar-refractivity contribution in [3.63, 3.8) is 0 Å². The molecule has 0 bridgehead atoms. The van der Waals surface area contributed by atoms with Gasteiger partial charge >= 0.3 is 0 Å². The molecule has 0 unspecified atom stereocenters. The van der Waals surface area contributed by atoms with Crippen LogP contribution in [0, 0.1) is 0 Å². The van der Waals surface area contributed by atoms with Crippen LogP contribution in [0.3, 0.4) is 0 Å². The third-order valence-corrected chi connectivity index (χ3v) is 11.3. The van der Waals surface area contributed by atoms with Crippen molar-refractivity contribution in [1.82, 2.24) is 5.32 Å². The van der Waals surface area contributed by atoms with Gasteiger partial charge in [-0.2, -0.15) is 0 Å². The largest absolute Gasteiger partial charge is 1.00 e. The molecule has 0 saturated heterocycles. The zero-order chi connectivity index (χ0) is 23.8. The number of thioether (sulfide) groups is 1. The van der Waals surface area contributed by atoms with Crippen LogP contribution in [0.4, 0.5) is 0 Å². The predicted octanol–water partition coefficient (Wildman–Crippen LogP) is 3.53. The first-order valence-corrected chi connectivity index (χ1v) is 14.3. The molecule has 4 aromatic carbocycles. The van der Waals surface area contributed by atoms with Crippen molar-refractivity contribution in [2.45, 2.75) is 6.92 Å². The van der Waals surface area contributed by atoms with E-state index in [0.717, 1.165) is 27.1 Å². The lowest BCUT2D eigenvalue weighted by molar-refractivity contribution is -0.0000147. The van der Waals surface area contributed by atoms with Crippen molar-refractivity contribution in [1.29, 1.82) is 0 Å². The maximum atomic E-state index is 13.5. The van der Waals surface area contributed by atoms with Gasteiger partial charge in [0.15, 0.2) is 7.26 Å². The number of carbonyl (C=O) groups excluding carboxylic acids is 1. The van der Waals surface area contributed by atoms with Crippen LogP contribution in [0.2, 0.25) is 0 Å². The van der Waals surface area contributed by atoms with Crippen LogP contribution in [-0.2, 0) is 0 Å². The smallest absolute Gasteiger partial charge is 0.258 e. The zero-order valence-corrected chi connectivity index (χ0v) is 22.5. The minimum atomic E-state index is -2.53. The highest BCUT2D eigenvalue weighted by Crippen LogP contribution is 2.63. The second kappa shape index (κ2) is 13.0. The Labute approximate surface area is 223 Å². The first-order valence-electron chi connectivity index (χ1n) is 11.1. The number of amides is 1. The Bertz CT molecular complexity index is 1160. The number of rotatable bonds is 8. The van der Waals surface area contributed by atoms with E-state index >= 15 is 0 Å². The van der Waals surface area contributed by atoms with E-state index < -0.39 is 7.26 Å². The van der Waals surface area contributed by atoms with E-state index in [1.54, 1.807) is 11.8 Å². The van der Waals surface area contributed by atoms with Gasteiger partial charge in [-0.1, -0.05) is 91.3 Å². The van der Waals surface area contributed by atoms with Crippen molar-refractivity contribution in [2.24, 2.45) is 0 Å². The minimum Gasteiger partial charge on any atom is -1.00 e. The average Bonchev–Trinajstić information content (AvgIpc) is 2.91. The molecule has 0 fully saturated rings. The van der Waals surface area contributed by atoms with Crippen LogP contribution in [-0.4, -0.2) is 11.7 Å². The second-order valence-corrected chi connectivity index (χ2v) is 12.8. The molecule has 6 heteroatoms. The van der Waals surface area contributed by atoms with E-state index in [9.17, 15) is 4.79 Å². The fourth-order valence-electron chi connectivity index (χ4n) is 4.02. The van der Waals surface area contributed by atoms with Crippen LogP contribution >= 0.6 is 30.6 Å². The van der Waals surface area contributed by atoms with Gasteiger partial charge in [-0.3, -0.25) is 10.1 Å². The number of benzene rings is 4. The monoisotopic (exact) mass is 537 g/mol. The third kappa shape index (κ3) is 5.82. The SMILES string of the molecule is CCS/C(Cl)=C(\NC(=O)c1ccccc1)[P+](c1ccccc1)(c1ccccc1)c1ccccc1.[Cl-]. The quantitative estimate of drug-likeness (QED) is 0.348. The summed E-state index contributed by atoms with van der Waals surface area (Å²) in [6.45, 7) is 2.07. The predicted molar refractivity (Wildman–Crippen MR) is 150 cm³/mol. The second-order valence-electron chi connectivity index (χ2n) is 7.55. The maximum Gasteiger partial charge on any atom is 0.258 e. The van der Waals surface area contributed by atoms with E-state index in [4.69, 9.17) is 11.6 Å². The van der Waals surface area contributed by atoms with E-state index in [0.29, 0.717) is 9.93 Å². The van der Waals surface area contributed by atoms with Crippen molar-refractivity contribution < 1.29 is 17.2 Å². The van der Waals surface area contributed by atoms with Gasteiger partial charge in [0.2, 0.25) is 5.44 Å². The maximum absolute atomic E-state index is 13.5. The van der Waals surface area contributed by atoms with E-state index in [1.165, 1.54) is 0 Å². The summed E-state index contributed by atoms with van der Waals surface area (Å²) in [4.78, 5) is 13.5. The van der Waals surface area contributed by atoms with Gasteiger partial charge in [0.25, 0.3) is 5.91 Å². The van der Waals surface area contributed by atoms with E-state index in [2.05, 4.69) is 48.6 Å². The molecule has 0 aliphatic heterocycles. The number of nitrogens with one attached hydrogen (secondary N) is 1. The molecule has 0 heterocycles. The van der Waals surface area contributed by atoms with Gasteiger partial charge in [-0.05, 0) is 54.3 Å². The summed E-state index contributed by atoms with van der Waals surface area (Å²) in [7, 11) is -2.53. The summed E-state index contributed by atoms with van der Waals surface area (Å²) >= 11 is 8.61. The Kier molecular flexibility index (Phi) is 10.0. The molecule has 0 aromatic heterocycles. The highest BCUT2D eigenvalue weighted by Gasteiger charge is 2.52. The van der Waals surface area contributed by atoms with E-state index in [-0.39, 0.29) is 18.3 Å². The molecule has 1 N–H and O–H groups in total. The molecule has 4 aromatic rings. The molecule has 0 aliphatic carbocycles. The Morgan fingerprint density at radius 1 is 0.714 bits per heavy atom. The first kappa shape index (κ1) is 27.0. The van der Waals surface area contributed by atoms with Gasteiger partial charge in [0.05, 0.1) is 0 Å². The van der Waals surface area contributed by atoms with Gasteiger partial charge < -0.3 is 12.4 Å². The van der Waals surface area contributed by atoms with Crippen LogP contribution < -0.4 is 33.6 Å². The first-order chi connectivity index (χ1) is 16.7. The van der Waals surface area contributed by atoms with Crippen molar-refractivity contribution in [2.75, 3.05) is 5.75 Å². The molecule has 0 spiro atoms. The number of hydrogen-bond donors (Lipinski definition) is 1. The topological polar surface area (TPSA) is 29.1 Å². The Morgan fingerprint density at radius 3 is 1.46 bits per heavy atom. The minimum absolute atomic E-state index is 0. The fraction of sp³-hybridized carbons (Fsp3) is 0.0690. The van der Waals surface area contributed by atoms with Crippen molar-refractivity contribution in [3.8, 4) is 0 Å². The average molecular weight is 538 g/mol. The number of carbonyl (C=O) groups is 1. The summed E-state index contributed by atoms with van der Waals surface area (Å²) in [5.74, 6) is 0.625. The molecular formula is C29H26Cl2NOPS. The van der Waals surface area contributed by atoms with Gasteiger partial charge in [0, 0.05) is 5.56 Å². The highest BCUT2D eigenvalue weighted by atomic mass is 35.5. The molecule has 0 atom stereocenters. The van der Waals surface area contributed by atoms with Crippen LogP contribution in [0.5, 0.6) is 0 Å². The molecule has 2 nitrogen and oxygen atoms in total. The van der Waals surface area contributed by atoms with Crippen LogP contribution in [0.15, 0.2) is 131 Å². The molecule has 0 radical (unpaired) electrons. The molecule has 35 heavy (non-hydrogen) atoms. The summed E-state index contributed by atoms with van der Waals surface area (Å²) < 4.78 is 0.608. The van der Waals surface area contributed by atoms with Gasteiger partial charge in [0.1, 0.15) is 20.3 Å². The van der Waals surface area contributed by atoms with Crippen molar-refractivity contribution >= 4 is 52.4 Å². The van der Waals surface area contributed by atoms with Gasteiger partial charge in [-0.15, -0.1) is 11.8 Å². The van der Waals surface area contributed by atoms with Gasteiger partial charge in [-0.25, -0.2) is 0 Å². The summed E-state index contributed by atoms with van der Waals surface area (Å²) in [6.07, 6.45) is 0. The van der Waals surface area contributed by atoms with Crippen LogP contribution in [0.1, 0.15) is 17.3 Å². The van der Waals surface area contributed by atoms with Crippen molar-refractivity contribution in [3.05, 3.63) is 137 Å². The molecular weight excluding hydrogens is 512 g/mol. The zero-order valence-electron chi connectivity index (χ0n) is 19.3. The Balaban J connectivity index is 0.00000342. The molecule has 178 valence electrons. The lowest BCUT2D eigenvalue weighted by Crippen LogP contribution is -3.00. The fourth-order valence-corrected chi connectivity index (χ4v) is 9.88. The van der Waals surface area contributed by atoms with Crippen LogP contribution in [0.25, 0.3) is 0 Å². The summed E-state index contributed by atoms with van der Waals surface area (Å²) in [6, 6.07) is 40.5. The number of halogens is 2. The Hall–Kier alpha value is -2.55. The molecule has 0 aliphatic rings. The Morgan fingerprint density at radius 2 is 1.09 bits per heavy atom. The molecule has 4 rings (SSSR count). The third-order valence-electron chi connectivity index (χ3n) is 5.49. The lowest BCUT2D eigenvalue weighted by Gasteiger charge is -2.30. The normalized spacial score (nSPS) is 11.7. The number of hydrogen-bond acceptors (Lipinski definition) is 2. The highest BCUT2D eigenvalue weighted by molar-refractivity contribution is 8.06. The summed E-state index contributed by atoms with van der Waals surface area (Å²) in [5.41, 5.74) is 1.36. The summed E-state index contributed by atoms with van der Waals surface area (Å²) in [5, 5.41) is 6.68. The van der Waals surface area contributed by atoms with E-state index in [1.807, 2.05) is 84.9 Å². The standard InChI is InChI=1S/C29H25ClNOPS.ClH/c1-2-34-27(30)29(31-28(32)23-15-7-3-8-16-23)33(24-17-9-4-10-18-24,25-19-11-5-12-20-25)26-21-13-6-14-22-26;/h3-22H,2H2,1H3;1H/b29-27+;. The molecule has 1 amide bonds.